The number of nitrogens with two attached hydrogens (primary N) is 1. The second-order valence-electron chi connectivity index (χ2n) is 3.46. The SMILES string of the molecule is C\C=C/C(N)=C\C=C\C(C)=C\CC(C)=N. The molecule has 0 aromatic rings. The van der Waals surface area contributed by atoms with Crippen LogP contribution in [-0.2, 0) is 0 Å². The van der Waals surface area contributed by atoms with Crippen molar-refractivity contribution in [2.24, 2.45) is 5.73 Å². The molecule has 0 aromatic carbocycles. The van der Waals surface area contributed by atoms with Gasteiger partial charge in [0.25, 0.3) is 0 Å². The van der Waals surface area contributed by atoms with Crippen molar-refractivity contribution in [2.75, 3.05) is 0 Å². The fraction of sp³-hybridized carbons (Fsp3) is 0.308. The molecule has 2 nitrogen and oxygen atoms in total. The van der Waals surface area contributed by atoms with Crippen LogP contribution in [0.2, 0.25) is 0 Å². The van der Waals surface area contributed by atoms with Gasteiger partial charge in [-0.05, 0) is 32.9 Å². The van der Waals surface area contributed by atoms with E-state index in [9.17, 15) is 0 Å². The highest BCUT2D eigenvalue weighted by molar-refractivity contribution is 5.80. The molecule has 0 saturated heterocycles. The van der Waals surface area contributed by atoms with Gasteiger partial charge < -0.3 is 11.1 Å². The van der Waals surface area contributed by atoms with Crippen LogP contribution in [-0.4, -0.2) is 5.71 Å². The molecule has 0 aromatic heterocycles. The molecule has 0 amide bonds. The Balaban J connectivity index is 4.22. The Morgan fingerprint density at radius 1 is 1.27 bits per heavy atom. The van der Waals surface area contributed by atoms with Gasteiger partial charge in [0.1, 0.15) is 0 Å². The van der Waals surface area contributed by atoms with Crippen molar-refractivity contribution in [3.8, 4) is 0 Å². The van der Waals surface area contributed by atoms with Crippen molar-refractivity contribution < 1.29 is 0 Å². The van der Waals surface area contributed by atoms with E-state index in [0.29, 0.717) is 12.1 Å². The van der Waals surface area contributed by atoms with E-state index in [1.807, 2.05) is 50.3 Å². The van der Waals surface area contributed by atoms with E-state index >= 15 is 0 Å². The summed E-state index contributed by atoms with van der Waals surface area (Å²) in [5, 5.41) is 7.28. The topological polar surface area (TPSA) is 49.9 Å². The van der Waals surface area contributed by atoms with Gasteiger partial charge >= 0.3 is 0 Å². The molecule has 0 rings (SSSR count). The Morgan fingerprint density at radius 3 is 2.47 bits per heavy atom. The molecule has 0 fully saturated rings. The number of allylic oxidation sites excluding steroid dienone is 7. The first-order valence-electron chi connectivity index (χ1n) is 5.03. The minimum atomic E-state index is 0.673. The maximum absolute atomic E-state index is 7.28. The highest BCUT2D eigenvalue weighted by Gasteiger charge is 1.84. The summed E-state index contributed by atoms with van der Waals surface area (Å²) in [5.41, 5.74) is 8.22. The Morgan fingerprint density at radius 2 is 1.93 bits per heavy atom. The lowest BCUT2D eigenvalue weighted by Crippen LogP contribution is -1.90. The quantitative estimate of drug-likeness (QED) is 0.523. The van der Waals surface area contributed by atoms with E-state index in [1.54, 1.807) is 6.92 Å². The van der Waals surface area contributed by atoms with Gasteiger partial charge in [-0.25, -0.2) is 0 Å². The van der Waals surface area contributed by atoms with E-state index < -0.39 is 0 Å². The first-order chi connectivity index (χ1) is 7.06. The highest BCUT2D eigenvalue weighted by atomic mass is 14.5. The van der Waals surface area contributed by atoms with E-state index in [-0.39, 0.29) is 0 Å². The van der Waals surface area contributed by atoms with Crippen molar-refractivity contribution in [1.29, 1.82) is 5.41 Å². The first kappa shape index (κ1) is 13.4. The van der Waals surface area contributed by atoms with Crippen LogP contribution in [0, 0.1) is 5.41 Å². The van der Waals surface area contributed by atoms with E-state index in [4.69, 9.17) is 11.1 Å². The monoisotopic (exact) mass is 204 g/mol. The first-order valence-corrected chi connectivity index (χ1v) is 5.03. The maximum atomic E-state index is 7.28. The van der Waals surface area contributed by atoms with Gasteiger partial charge in [-0.15, -0.1) is 0 Å². The van der Waals surface area contributed by atoms with Gasteiger partial charge in [-0.3, -0.25) is 0 Å². The van der Waals surface area contributed by atoms with Crippen molar-refractivity contribution >= 4 is 5.71 Å². The van der Waals surface area contributed by atoms with Crippen LogP contribution in [0.4, 0.5) is 0 Å². The van der Waals surface area contributed by atoms with E-state index in [1.165, 1.54) is 0 Å². The summed E-state index contributed by atoms with van der Waals surface area (Å²) in [6, 6.07) is 0. The Kier molecular flexibility index (Phi) is 6.98. The molecule has 0 aliphatic heterocycles. The third-order valence-electron chi connectivity index (χ3n) is 1.74. The average molecular weight is 204 g/mol. The van der Waals surface area contributed by atoms with Crippen LogP contribution >= 0.6 is 0 Å². The van der Waals surface area contributed by atoms with E-state index in [2.05, 4.69) is 0 Å². The summed E-state index contributed by atoms with van der Waals surface area (Å²) in [4.78, 5) is 0. The summed E-state index contributed by atoms with van der Waals surface area (Å²) in [6.45, 7) is 5.75. The summed E-state index contributed by atoms with van der Waals surface area (Å²) in [7, 11) is 0. The van der Waals surface area contributed by atoms with Crippen LogP contribution in [0.1, 0.15) is 27.2 Å². The zero-order valence-corrected chi connectivity index (χ0v) is 9.75. The number of nitrogens with one attached hydrogen (secondary N) is 1. The predicted octanol–water partition coefficient (Wildman–Crippen LogP) is 3.34. The minimum Gasteiger partial charge on any atom is -0.399 e. The van der Waals surface area contributed by atoms with Crippen LogP contribution in [0.15, 0.2) is 47.7 Å². The number of rotatable bonds is 5. The molecule has 0 saturated carbocycles. The van der Waals surface area contributed by atoms with Crippen molar-refractivity contribution in [3.05, 3.63) is 47.7 Å². The molecule has 0 radical (unpaired) electrons. The van der Waals surface area contributed by atoms with Crippen LogP contribution in [0.25, 0.3) is 0 Å². The third-order valence-corrected chi connectivity index (χ3v) is 1.74. The Bertz CT molecular complexity index is 317. The van der Waals surface area contributed by atoms with Gasteiger partial charge in [0.2, 0.25) is 0 Å². The van der Waals surface area contributed by atoms with Crippen molar-refractivity contribution in [3.63, 3.8) is 0 Å². The molecule has 2 heteroatoms. The lowest BCUT2D eigenvalue weighted by molar-refractivity contribution is 1.31. The molecule has 15 heavy (non-hydrogen) atoms. The lowest BCUT2D eigenvalue weighted by atomic mass is 10.2. The van der Waals surface area contributed by atoms with Crippen molar-refractivity contribution in [2.45, 2.75) is 27.2 Å². The van der Waals surface area contributed by atoms with Crippen molar-refractivity contribution in [1.82, 2.24) is 0 Å². The molecular weight excluding hydrogens is 184 g/mol. The second-order valence-corrected chi connectivity index (χ2v) is 3.46. The summed E-state index contributed by atoms with van der Waals surface area (Å²) < 4.78 is 0. The highest BCUT2D eigenvalue weighted by Crippen LogP contribution is 1.99. The molecule has 0 aliphatic carbocycles. The fourth-order valence-corrected chi connectivity index (χ4v) is 0.941. The molecule has 82 valence electrons. The molecule has 0 spiro atoms. The van der Waals surface area contributed by atoms with Gasteiger partial charge in [-0.2, -0.15) is 0 Å². The van der Waals surface area contributed by atoms with Gasteiger partial charge in [-0.1, -0.05) is 29.9 Å². The lowest BCUT2D eigenvalue weighted by Gasteiger charge is -1.92. The Labute approximate surface area is 92.4 Å². The number of hydrogen-bond donors (Lipinski definition) is 2. The summed E-state index contributed by atoms with van der Waals surface area (Å²) in [6.07, 6.45) is 12.3. The van der Waals surface area contributed by atoms with Gasteiger partial charge in [0.15, 0.2) is 0 Å². The van der Waals surface area contributed by atoms with Gasteiger partial charge in [0, 0.05) is 17.8 Å². The minimum absolute atomic E-state index is 0.673. The zero-order valence-electron chi connectivity index (χ0n) is 9.75. The Hall–Kier alpha value is -1.57. The molecule has 3 N–H and O–H groups in total. The zero-order chi connectivity index (χ0) is 11.7. The van der Waals surface area contributed by atoms with Crippen LogP contribution in [0.3, 0.4) is 0 Å². The molecule has 0 heterocycles. The maximum Gasteiger partial charge on any atom is 0.0310 e. The van der Waals surface area contributed by atoms with Crippen LogP contribution < -0.4 is 5.73 Å². The molecule has 0 aliphatic rings. The molecule has 0 atom stereocenters. The summed E-state index contributed by atoms with van der Waals surface area (Å²) >= 11 is 0. The number of hydrogen-bond acceptors (Lipinski definition) is 2. The average Bonchev–Trinajstić information content (AvgIpc) is 2.15. The predicted molar refractivity (Wildman–Crippen MR) is 68.0 cm³/mol. The molecule has 0 bridgehead atoms. The second kappa shape index (κ2) is 7.80. The van der Waals surface area contributed by atoms with Crippen LogP contribution in [0.5, 0.6) is 0 Å². The third kappa shape index (κ3) is 8.75. The van der Waals surface area contributed by atoms with Gasteiger partial charge in [0.05, 0.1) is 0 Å². The molecular formula is C13H20N2. The smallest absolute Gasteiger partial charge is 0.0310 e. The molecule has 0 unspecified atom stereocenters. The van der Waals surface area contributed by atoms with E-state index in [0.717, 1.165) is 11.3 Å². The standard InChI is InChI=1S/C13H20N2/c1-4-6-13(15)8-5-7-11(2)9-10-12(3)14/h4-9,14H,10,15H2,1-3H3/b6-4-,7-5+,11-9+,13-8+,14-12?. The fourth-order valence-electron chi connectivity index (χ4n) is 0.941. The largest absolute Gasteiger partial charge is 0.399 e. The summed E-state index contributed by atoms with van der Waals surface area (Å²) in [5.74, 6) is 0. The normalized spacial score (nSPS) is 14.1.